The number of rotatable bonds is 4. The molecule has 0 aromatic carbocycles. The summed E-state index contributed by atoms with van der Waals surface area (Å²) < 4.78 is 0.742. The maximum Gasteiger partial charge on any atom is 0.232 e. The van der Waals surface area contributed by atoms with E-state index in [0.717, 1.165) is 66.9 Å². The monoisotopic (exact) mass is 473 g/mol. The molecule has 0 unspecified atom stereocenters. The van der Waals surface area contributed by atoms with E-state index in [0.29, 0.717) is 5.92 Å². The molecule has 0 spiro atoms. The van der Waals surface area contributed by atoms with Crippen LogP contribution in [0.4, 0.5) is 5.82 Å². The summed E-state index contributed by atoms with van der Waals surface area (Å²) in [6.45, 7) is 9.76. The lowest BCUT2D eigenvalue weighted by molar-refractivity contribution is -0.133. The Hall–Kier alpha value is -1.70. The SMILES string of the molecule is C[C@@H]1CCc2ncnc(N3CCN(C(=O)[C@@H](c4ccc(Cl)s4)[C@@H]4CCC(C)(C)N4)CC3)c21. The number of anilines is 1. The topological polar surface area (TPSA) is 61.4 Å². The number of aryl methyl sites for hydroxylation is 1. The Morgan fingerprint density at radius 1 is 1.22 bits per heavy atom. The van der Waals surface area contributed by atoms with Crippen molar-refractivity contribution >= 4 is 34.7 Å². The summed E-state index contributed by atoms with van der Waals surface area (Å²) in [4.78, 5) is 28.4. The summed E-state index contributed by atoms with van der Waals surface area (Å²) in [5.74, 6) is 1.63. The van der Waals surface area contributed by atoms with Gasteiger partial charge in [0.25, 0.3) is 0 Å². The molecule has 32 heavy (non-hydrogen) atoms. The number of fused-ring (bicyclic) bond motifs is 1. The lowest BCUT2D eigenvalue weighted by Gasteiger charge is -2.38. The van der Waals surface area contributed by atoms with E-state index in [9.17, 15) is 4.79 Å². The largest absolute Gasteiger partial charge is 0.353 e. The van der Waals surface area contributed by atoms with Gasteiger partial charge in [-0.15, -0.1) is 11.3 Å². The number of nitrogens with one attached hydrogen (secondary N) is 1. The van der Waals surface area contributed by atoms with Crippen molar-refractivity contribution < 1.29 is 4.79 Å². The van der Waals surface area contributed by atoms with Crippen molar-refractivity contribution in [3.8, 4) is 0 Å². The summed E-state index contributed by atoms with van der Waals surface area (Å²) in [6, 6.07) is 4.09. The smallest absolute Gasteiger partial charge is 0.232 e. The molecule has 2 fully saturated rings. The molecule has 3 aliphatic rings. The van der Waals surface area contributed by atoms with Gasteiger partial charge in [0.2, 0.25) is 5.91 Å². The van der Waals surface area contributed by atoms with Gasteiger partial charge in [-0.1, -0.05) is 18.5 Å². The zero-order valence-electron chi connectivity index (χ0n) is 19.1. The average molecular weight is 474 g/mol. The summed E-state index contributed by atoms with van der Waals surface area (Å²) in [5.41, 5.74) is 2.58. The highest BCUT2D eigenvalue weighted by atomic mass is 35.5. The van der Waals surface area contributed by atoms with Crippen LogP contribution in [0, 0.1) is 0 Å². The first kappa shape index (κ1) is 22.1. The Morgan fingerprint density at radius 2 is 2.00 bits per heavy atom. The molecule has 1 N–H and O–H groups in total. The second kappa shape index (κ2) is 8.58. The number of aromatic nitrogens is 2. The van der Waals surface area contributed by atoms with Crippen molar-refractivity contribution in [3.63, 3.8) is 0 Å². The Labute approximate surface area is 199 Å². The summed E-state index contributed by atoms with van der Waals surface area (Å²) >= 11 is 7.79. The van der Waals surface area contributed by atoms with Gasteiger partial charge in [-0.2, -0.15) is 0 Å². The van der Waals surface area contributed by atoms with Gasteiger partial charge in [-0.05, 0) is 57.6 Å². The van der Waals surface area contributed by atoms with E-state index in [1.807, 2.05) is 17.0 Å². The van der Waals surface area contributed by atoms with Gasteiger partial charge in [0.15, 0.2) is 0 Å². The molecule has 0 bridgehead atoms. The van der Waals surface area contributed by atoms with Crippen molar-refractivity contribution in [1.29, 1.82) is 0 Å². The van der Waals surface area contributed by atoms with Gasteiger partial charge in [-0.3, -0.25) is 4.79 Å². The normalized spacial score (nSPS) is 25.8. The number of amides is 1. The maximum absolute atomic E-state index is 13.8. The Bertz CT molecular complexity index is 1000. The van der Waals surface area contributed by atoms with Gasteiger partial charge >= 0.3 is 0 Å². The average Bonchev–Trinajstić information content (AvgIpc) is 3.47. The van der Waals surface area contributed by atoms with Gasteiger partial charge in [0, 0.05) is 53.9 Å². The molecule has 2 aromatic rings. The highest BCUT2D eigenvalue weighted by Crippen LogP contribution is 2.39. The minimum Gasteiger partial charge on any atom is -0.353 e. The molecule has 0 radical (unpaired) electrons. The first-order valence-corrected chi connectivity index (χ1v) is 12.9. The van der Waals surface area contributed by atoms with Crippen LogP contribution in [-0.2, 0) is 11.2 Å². The summed E-state index contributed by atoms with van der Waals surface area (Å²) in [5, 5.41) is 3.71. The van der Waals surface area contributed by atoms with Crippen LogP contribution in [-0.4, -0.2) is 58.5 Å². The predicted octanol–water partition coefficient (Wildman–Crippen LogP) is 4.20. The molecule has 1 amide bonds. The van der Waals surface area contributed by atoms with Gasteiger partial charge < -0.3 is 15.1 Å². The number of hydrogen-bond acceptors (Lipinski definition) is 6. The fraction of sp³-hybridized carbons (Fsp3) is 0.625. The summed E-state index contributed by atoms with van der Waals surface area (Å²) in [6.07, 6.45) is 5.97. The minimum atomic E-state index is -0.177. The van der Waals surface area contributed by atoms with E-state index in [1.54, 1.807) is 6.33 Å². The zero-order valence-corrected chi connectivity index (χ0v) is 20.7. The third kappa shape index (κ3) is 4.15. The van der Waals surface area contributed by atoms with Crippen LogP contribution < -0.4 is 10.2 Å². The van der Waals surface area contributed by atoms with Crippen LogP contribution in [0.5, 0.6) is 0 Å². The van der Waals surface area contributed by atoms with E-state index in [1.165, 1.54) is 22.6 Å². The molecule has 8 heteroatoms. The van der Waals surface area contributed by atoms with Crippen LogP contribution in [0.3, 0.4) is 0 Å². The van der Waals surface area contributed by atoms with Crippen molar-refractivity contribution in [3.05, 3.63) is 38.9 Å². The highest BCUT2D eigenvalue weighted by molar-refractivity contribution is 7.16. The zero-order chi connectivity index (χ0) is 22.5. The number of thiophene rings is 1. The lowest BCUT2D eigenvalue weighted by Crippen LogP contribution is -2.53. The molecule has 2 aromatic heterocycles. The van der Waals surface area contributed by atoms with Gasteiger partial charge in [0.1, 0.15) is 12.1 Å². The molecule has 172 valence electrons. The Morgan fingerprint density at radius 3 is 2.66 bits per heavy atom. The second-order valence-electron chi connectivity index (χ2n) is 10.1. The van der Waals surface area contributed by atoms with Crippen molar-refractivity contribution in [1.82, 2.24) is 20.2 Å². The molecule has 3 atom stereocenters. The first-order valence-electron chi connectivity index (χ1n) is 11.7. The molecule has 2 aliphatic heterocycles. The second-order valence-corrected chi connectivity index (χ2v) is 11.8. The van der Waals surface area contributed by atoms with Crippen LogP contribution >= 0.6 is 22.9 Å². The highest BCUT2D eigenvalue weighted by Gasteiger charge is 2.41. The fourth-order valence-corrected chi connectivity index (χ4v) is 6.83. The first-order chi connectivity index (χ1) is 15.3. The molecule has 5 rings (SSSR count). The number of piperazine rings is 1. The minimum absolute atomic E-state index is 0.0625. The van der Waals surface area contributed by atoms with E-state index < -0.39 is 0 Å². The maximum atomic E-state index is 13.8. The van der Waals surface area contributed by atoms with Crippen LogP contribution in [0.2, 0.25) is 4.34 Å². The number of carbonyl (C=O) groups excluding carboxylic acids is 1. The number of hydrogen-bond donors (Lipinski definition) is 1. The van der Waals surface area contributed by atoms with Gasteiger partial charge in [-0.25, -0.2) is 9.97 Å². The molecule has 6 nitrogen and oxygen atoms in total. The van der Waals surface area contributed by atoms with Crippen LogP contribution in [0.1, 0.15) is 68.0 Å². The van der Waals surface area contributed by atoms with E-state index in [2.05, 4.69) is 41.0 Å². The van der Waals surface area contributed by atoms with Crippen LogP contribution in [0.15, 0.2) is 18.5 Å². The fourth-order valence-electron chi connectivity index (χ4n) is 5.61. The Kier molecular flexibility index (Phi) is 5.93. The molecular weight excluding hydrogens is 442 g/mol. The van der Waals surface area contributed by atoms with Gasteiger partial charge in [0.05, 0.1) is 10.3 Å². The van der Waals surface area contributed by atoms with Crippen molar-refractivity contribution in [2.24, 2.45) is 0 Å². The van der Waals surface area contributed by atoms with E-state index in [4.69, 9.17) is 11.6 Å². The number of nitrogens with zero attached hydrogens (tertiary/aromatic N) is 4. The summed E-state index contributed by atoms with van der Waals surface area (Å²) in [7, 11) is 0. The molecule has 1 aliphatic carbocycles. The van der Waals surface area contributed by atoms with E-state index >= 15 is 0 Å². The Balaban J connectivity index is 1.32. The molecule has 2 saturated heterocycles. The molecular formula is C24H32ClN5OS. The molecule has 4 heterocycles. The van der Waals surface area contributed by atoms with Crippen molar-refractivity contribution in [2.75, 3.05) is 31.1 Å². The molecule has 0 saturated carbocycles. The van der Waals surface area contributed by atoms with Crippen LogP contribution in [0.25, 0.3) is 0 Å². The predicted molar refractivity (Wildman–Crippen MR) is 130 cm³/mol. The standard InChI is InChI=1S/C24H32ClN5OS/c1-15-4-5-16-20(15)22(27-14-26-16)29-10-12-30(13-11-29)23(31)21(18-6-7-19(25)32-18)17-8-9-24(2,3)28-17/h6-7,14-15,17,21,28H,4-5,8-13H2,1-3H3/t15-,17+,21-/m1/s1. The van der Waals surface area contributed by atoms with Crippen molar-refractivity contribution in [2.45, 2.75) is 69.9 Å². The third-order valence-electron chi connectivity index (χ3n) is 7.37. The number of carbonyl (C=O) groups is 1. The van der Waals surface area contributed by atoms with E-state index in [-0.39, 0.29) is 23.4 Å². The lowest BCUT2D eigenvalue weighted by atomic mass is 9.94. The number of halogens is 1. The third-order valence-corrected chi connectivity index (χ3v) is 8.68. The quantitative estimate of drug-likeness (QED) is 0.720.